The zero-order valence-corrected chi connectivity index (χ0v) is 16.5. The number of ketones is 1. The fraction of sp³-hybridized carbons (Fsp3) is 0.222. The van der Waals surface area contributed by atoms with Gasteiger partial charge in [-0.1, -0.05) is 0 Å². The molecule has 11 heteroatoms. The number of halogens is 6. The summed E-state index contributed by atoms with van der Waals surface area (Å²) in [7, 11) is 0. The minimum atomic E-state index is -5.01. The van der Waals surface area contributed by atoms with E-state index in [1.54, 1.807) is 6.07 Å². The zero-order chi connectivity index (χ0) is 21.8. The van der Waals surface area contributed by atoms with Gasteiger partial charge in [0.2, 0.25) is 0 Å². The number of carboxylic acid groups (broad SMARTS) is 1. The molecule has 156 valence electrons. The third kappa shape index (κ3) is 6.81. The van der Waals surface area contributed by atoms with Gasteiger partial charge in [-0.05, 0) is 0 Å². The maximum atomic E-state index is 12.8. The van der Waals surface area contributed by atoms with Crippen molar-refractivity contribution in [2.24, 2.45) is 0 Å². The molecule has 2 aromatic carbocycles. The molecule has 29 heavy (non-hydrogen) atoms. The van der Waals surface area contributed by atoms with Crippen molar-refractivity contribution in [1.29, 1.82) is 0 Å². The first kappa shape index (κ1) is 22.8. The van der Waals surface area contributed by atoms with Crippen LogP contribution in [0.1, 0.15) is 21.5 Å². The van der Waals surface area contributed by atoms with Crippen LogP contribution in [0.25, 0.3) is 0 Å². The van der Waals surface area contributed by atoms with Gasteiger partial charge in [-0.3, -0.25) is 0 Å². The van der Waals surface area contributed by atoms with Gasteiger partial charge in [-0.2, -0.15) is 0 Å². The minimum absolute atomic E-state index is 0.00579. The standard InChI is InChI=1S/C18H13AsF6O4/c20-17(21,22)11-5-12(18(23,24)25)7-15(6-11)29-9-14(26)8-19-13-3-1-2-10(4-13)16(27)28/h1-7,19H,8-9H2,(H,27,28). The quantitative estimate of drug-likeness (QED) is 0.485. The number of carbonyl (C=O) groups excluding carboxylic acids is 1. The molecule has 0 aromatic heterocycles. The van der Waals surface area contributed by atoms with E-state index in [-0.39, 0.29) is 16.8 Å². The summed E-state index contributed by atoms with van der Waals surface area (Å²) in [5, 5.41) is 8.92. The molecule has 0 fully saturated rings. The van der Waals surface area contributed by atoms with E-state index in [4.69, 9.17) is 9.84 Å². The summed E-state index contributed by atoms with van der Waals surface area (Å²) in [6.45, 7) is -0.694. The maximum absolute atomic E-state index is 12.8. The molecule has 2 rings (SSSR count). The number of aromatic carboxylic acids is 1. The monoisotopic (exact) mass is 482 g/mol. The number of alkyl halides is 6. The van der Waals surface area contributed by atoms with Crippen LogP contribution in [0.2, 0.25) is 5.21 Å². The molecule has 1 atom stereocenters. The SMILES string of the molecule is O=C(COc1cc(C(F)(F)F)cc(C(F)(F)F)c1)C[AsH]c1cccc(C(=O)O)c1. The van der Waals surface area contributed by atoms with E-state index in [0.29, 0.717) is 16.5 Å². The second-order valence-electron chi connectivity index (χ2n) is 5.81. The van der Waals surface area contributed by atoms with Crippen molar-refractivity contribution < 1.29 is 45.8 Å². The second-order valence-corrected chi connectivity index (χ2v) is 8.50. The Morgan fingerprint density at radius 3 is 2.03 bits per heavy atom. The van der Waals surface area contributed by atoms with E-state index in [1.807, 2.05) is 0 Å². The van der Waals surface area contributed by atoms with E-state index in [2.05, 4.69) is 0 Å². The van der Waals surface area contributed by atoms with Crippen LogP contribution in [0.5, 0.6) is 5.75 Å². The Hall–Kier alpha value is -2.48. The van der Waals surface area contributed by atoms with Gasteiger partial charge in [0, 0.05) is 0 Å². The fourth-order valence-electron chi connectivity index (χ4n) is 2.19. The van der Waals surface area contributed by atoms with E-state index in [0.717, 1.165) is 0 Å². The molecule has 0 aliphatic carbocycles. The van der Waals surface area contributed by atoms with Crippen molar-refractivity contribution in [3.8, 4) is 5.75 Å². The van der Waals surface area contributed by atoms with Gasteiger partial charge in [0.15, 0.2) is 0 Å². The molecule has 0 bridgehead atoms. The third-order valence-corrected chi connectivity index (χ3v) is 6.27. The Morgan fingerprint density at radius 2 is 1.52 bits per heavy atom. The Bertz CT molecular complexity index is 876. The molecule has 0 saturated heterocycles. The van der Waals surface area contributed by atoms with E-state index >= 15 is 0 Å². The Balaban J connectivity index is 2.04. The van der Waals surface area contributed by atoms with Gasteiger partial charge in [0.1, 0.15) is 0 Å². The molecule has 0 amide bonds. The number of ether oxygens (including phenoxy) is 1. The molecule has 0 saturated carbocycles. The van der Waals surface area contributed by atoms with Crippen LogP contribution in [-0.4, -0.2) is 39.2 Å². The number of rotatable bonds is 7. The van der Waals surface area contributed by atoms with E-state index in [9.17, 15) is 35.9 Å². The summed E-state index contributed by atoms with van der Waals surface area (Å²) in [6.07, 6.45) is -10.0. The normalized spacial score (nSPS) is 12.3. The number of Topliss-reactive ketones (excluding diaryl/α,β-unsaturated/α-hetero) is 1. The summed E-state index contributed by atoms with van der Waals surface area (Å²) in [5.74, 6) is -2.36. The van der Waals surface area contributed by atoms with Crippen LogP contribution in [0.3, 0.4) is 0 Å². The van der Waals surface area contributed by atoms with Crippen molar-refractivity contribution >= 4 is 31.9 Å². The molecule has 0 aliphatic rings. The van der Waals surface area contributed by atoms with Gasteiger partial charge >= 0.3 is 167 Å². The van der Waals surface area contributed by atoms with Crippen LogP contribution < -0.4 is 9.09 Å². The number of carbonyl (C=O) groups is 2. The van der Waals surface area contributed by atoms with Gasteiger partial charge in [0.25, 0.3) is 0 Å². The first-order chi connectivity index (χ1) is 13.4. The molecule has 1 N–H and O–H groups in total. The van der Waals surface area contributed by atoms with Crippen LogP contribution in [-0.2, 0) is 17.1 Å². The number of benzene rings is 2. The predicted molar refractivity (Wildman–Crippen MR) is 91.9 cm³/mol. The third-order valence-electron chi connectivity index (χ3n) is 3.56. The molecule has 0 heterocycles. The summed E-state index contributed by atoms with van der Waals surface area (Å²) >= 11 is -1.09. The molecule has 1 unspecified atom stereocenters. The predicted octanol–water partition coefficient (Wildman–Crippen LogP) is 3.55. The molecular weight excluding hydrogens is 469 g/mol. The van der Waals surface area contributed by atoms with E-state index in [1.165, 1.54) is 18.2 Å². The average Bonchev–Trinajstić information content (AvgIpc) is 2.63. The Labute approximate surface area is 167 Å². The summed E-state index contributed by atoms with van der Waals surface area (Å²) < 4.78 is 82.4. The van der Waals surface area contributed by atoms with Crippen molar-refractivity contribution in [1.82, 2.24) is 0 Å². The molecule has 0 aliphatic heterocycles. The summed E-state index contributed by atoms with van der Waals surface area (Å²) in [5.41, 5.74) is -3.01. The molecule has 0 spiro atoms. The Morgan fingerprint density at radius 1 is 0.931 bits per heavy atom. The number of hydrogen-bond acceptors (Lipinski definition) is 3. The van der Waals surface area contributed by atoms with Crippen molar-refractivity contribution in [2.75, 3.05) is 6.61 Å². The summed E-state index contributed by atoms with van der Waals surface area (Å²) in [4.78, 5) is 22.8. The molecule has 0 radical (unpaired) electrons. The van der Waals surface area contributed by atoms with E-state index < -0.39 is 63.3 Å². The molecule has 4 nitrogen and oxygen atoms in total. The Kier molecular flexibility index (Phi) is 7.00. The topological polar surface area (TPSA) is 63.6 Å². The van der Waals surface area contributed by atoms with Gasteiger partial charge in [0.05, 0.1) is 0 Å². The zero-order valence-electron chi connectivity index (χ0n) is 14.4. The van der Waals surface area contributed by atoms with Gasteiger partial charge < -0.3 is 0 Å². The molecule has 2 aromatic rings. The van der Waals surface area contributed by atoms with Crippen molar-refractivity contribution in [3.63, 3.8) is 0 Å². The van der Waals surface area contributed by atoms with Crippen LogP contribution in [0.4, 0.5) is 26.3 Å². The molecular formula is C18H13AsF6O4. The number of hydrogen-bond donors (Lipinski definition) is 1. The van der Waals surface area contributed by atoms with Crippen LogP contribution in [0, 0.1) is 0 Å². The second kappa shape index (κ2) is 8.90. The van der Waals surface area contributed by atoms with Crippen molar-refractivity contribution in [2.45, 2.75) is 17.6 Å². The van der Waals surface area contributed by atoms with Gasteiger partial charge in [-0.25, -0.2) is 0 Å². The average molecular weight is 482 g/mol. The first-order valence-electron chi connectivity index (χ1n) is 7.87. The number of carboxylic acids is 1. The first-order valence-corrected chi connectivity index (χ1v) is 10.4. The van der Waals surface area contributed by atoms with Crippen LogP contribution >= 0.6 is 0 Å². The fourth-order valence-corrected chi connectivity index (χ4v) is 4.23. The summed E-state index contributed by atoms with van der Waals surface area (Å²) in [6, 6.07) is 6.72. The van der Waals surface area contributed by atoms with Gasteiger partial charge in [-0.15, -0.1) is 0 Å². The van der Waals surface area contributed by atoms with Crippen LogP contribution in [0.15, 0.2) is 42.5 Å². The van der Waals surface area contributed by atoms with Crippen molar-refractivity contribution in [3.05, 3.63) is 59.2 Å².